The van der Waals surface area contributed by atoms with Crippen molar-refractivity contribution in [3.63, 3.8) is 0 Å². The van der Waals surface area contributed by atoms with Crippen LogP contribution in [0.1, 0.15) is 10.4 Å². The monoisotopic (exact) mass is 355 g/mol. The maximum absolute atomic E-state index is 13.1. The van der Waals surface area contributed by atoms with Gasteiger partial charge in [-0.3, -0.25) is 4.79 Å². The molecule has 0 unspecified atom stereocenters. The Morgan fingerprint density at radius 1 is 1.56 bits per heavy atom. The Hall–Kier alpha value is -0.400. The van der Waals surface area contributed by atoms with Gasteiger partial charge in [-0.1, -0.05) is 11.6 Å². The highest BCUT2D eigenvalue weighted by atomic mass is 127. The van der Waals surface area contributed by atoms with Crippen molar-refractivity contribution >= 4 is 40.1 Å². The van der Waals surface area contributed by atoms with Gasteiger partial charge in [0.05, 0.1) is 16.7 Å². The molecule has 1 aliphatic heterocycles. The Morgan fingerprint density at radius 2 is 2.19 bits per heavy atom. The van der Waals surface area contributed by atoms with Crippen LogP contribution in [-0.4, -0.2) is 35.1 Å². The molecule has 2 rings (SSSR count). The zero-order chi connectivity index (χ0) is 11.9. The molecule has 0 spiro atoms. The van der Waals surface area contributed by atoms with E-state index in [1.54, 1.807) is 22.6 Å². The topological polar surface area (TPSA) is 40.5 Å². The summed E-state index contributed by atoms with van der Waals surface area (Å²) in [6, 6.07) is 2.55. The number of likely N-dealkylation sites (tertiary alicyclic amines) is 1. The average Bonchev–Trinajstić information content (AvgIpc) is 2.18. The lowest BCUT2D eigenvalue weighted by Crippen LogP contribution is -2.53. The zero-order valence-electron chi connectivity index (χ0n) is 8.08. The number of carbonyl (C=O) groups excluding carboxylic acids is 1. The lowest BCUT2D eigenvalue weighted by atomic mass is 10.1. The number of aliphatic hydroxyl groups excluding tert-OH is 1. The largest absolute Gasteiger partial charge is 0.389 e. The van der Waals surface area contributed by atoms with Gasteiger partial charge < -0.3 is 10.0 Å². The second kappa shape index (κ2) is 4.46. The van der Waals surface area contributed by atoms with E-state index in [1.807, 2.05) is 0 Å². The van der Waals surface area contributed by atoms with Gasteiger partial charge in [0.1, 0.15) is 5.82 Å². The number of β-amino-alcohol motifs (C(OH)–C–C–N with tert-alkyl or cyclic N) is 1. The van der Waals surface area contributed by atoms with Crippen LogP contribution in [0.4, 0.5) is 4.39 Å². The molecular weight excluding hydrogens is 347 g/mol. The van der Waals surface area contributed by atoms with Gasteiger partial charge in [-0.25, -0.2) is 4.39 Å². The van der Waals surface area contributed by atoms with Crippen molar-refractivity contribution in [3.8, 4) is 0 Å². The van der Waals surface area contributed by atoms with Crippen LogP contribution in [0.15, 0.2) is 12.1 Å². The minimum atomic E-state index is -0.456. The van der Waals surface area contributed by atoms with Crippen LogP contribution < -0.4 is 0 Å². The van der Waals surface area contributed by atoms with E-state index in [4.69, 9.17) is 16.7 Å². The van der Waals surface area contributed by atoms with Gasteiger partial charge in [-0.15, -0.1) is 0 Å². The van der Waals surface area contributed by atoms with Crippen molar-refractivity contribution < 1.29 is 14.3 Å². The number of aliphatic hydroxyl groups is 1. The minimum Gasteiger partial charge on any atom is -0.389 e. The van der Waals surface area contributed by atoms with E-state index in [2.05, 4.69) is 0 Å². The number of hydrogen-bond acceptors (Lipinski definition) is 2. The molecule has 0 atom stereocenters. The SMILES string of the molecule is O=C(c1cc(I)c(F)cc1Cl)N1CC(O)C1. The average molecular weight is 356 g/mol. The summed E-state index contributed by atoms with van der Waals surface area (Å²) in [5, 5.41) is 9.19. The van der Waals surface area contributed by atoms with Crippen molar-refractivity contribution in [2.45, 2.75) is 6.10 Å². The fourth-order valence-electron chi connectivity index (χ4n) is 1.48. The number of amides is 1. The zero-order valence-corrected chi connectivity index (χ0v) is 11.0. The molecular formula is C10H8ClFINO2. The van der Waals surface area contributed by atoms with Gasteiger partial charge in [0.15, 0.2) is 0 Å². The normalized spacial score (nSPS) is 16.1. The molecule has 1 fully saturated rings. The van der Waals surface area contributed by atoms with E-state index < -0.39 is 11.9 Å². The van der Waals surface area contributed by atoms with Gasteiger partial charge in [0.2, 0.25) is 0 Å². The summed E-state index contributed by atoms with van der Waals surface area (Å²) >= 11 is 7.61. The third kappa shape index (κ3) is 2.16. The van der Waals surface area contributed by atoms with E-state index in [-0.39, 0.29) is 16.5 Å². The molecule has 0 bridgehead atoms. The highest BCUT2D eigenvalue weighted by Gasteiger charge is 2.30. The Morgan fingerprint density at radius 3 is 2.75 bits per heavy atom. The van der Waals surface area contributed by atoms with Gasteiger partial charge >= 0.3 is 0 Å². The van der Waals surface area contributed by atoms with Crippen LogP contribution in [0.3, 0.4) is 0 Å². The predicted molar refractivity (Wildman–Crippen MR) is 66.0 cm³/mol. The molecule has 1 heterocycles. The maximum atomic E-state index is 13.1. The predicted octanol–water partition coefficient (Wildman–Crippen LogP) is 1.90. The standard InChI is InChI=1S/C10H8ClFINO2/c11-7-2-8(12)9(13)1-6(7)10(16)14-3-5(15)4-14/h1-2,5,15H,3-4H2. The van der Waals surface area contributed by atoms with Crippen LogP contribution >= 0.6 is 34.2 Å². The Balaban J connectivity index is 2.27. The third-order valence-electron chi connectivity index (χ3n) is 2.39. The molecule has 86 valence electrons. The molecule has 0 radical (unpaired) electrons. The molecule has 1 amide bonds. The lowest BCUT2D eigenvalue weighted by molar-refractivity contribution is 0.00589. The summed E-state index contributed by atoms with van der Waals surface area (Å²) in [7, 11) is 0. The van der Waals surface area contributed by atoms with Gasteiger partial charge in [-0.2, -0.15) is 0 Å². The maximum Gasteiger partial charge on any atom is 0.255 e. The van der Waals surface area contributed by atoms with E-state index in [0.29, 0.717) is 16.7 Å². The van der Waals surface area contributed by atoms with E-state index in [1.165, 1.54) is 11.0 Å². The van der Waals surface area contributed by atoms with Crippen molar-refractivity contribution in [2.24, 2.45) is 0 Å². The number of carbonyl (C=O) groups is 1. The van der Waals surface area contributed by atoms with Gasteiger partial charge in [-0.05, 0) is 34.7 Å². The molecule has 0 aliphatic carbocycles. The molecule has 0 aromatic heterocycles. The highest BCUT2D eigenvalue weighted by molar-refractivity contribution is 14.1. The molecule has 1 aliphatic rings. The third-order valence-corrected chi connectivity index (χ3v) is 3.53. The first-order chi connectivity index (χ1) is 7.49. The second-order valence-corrected chi connectivity index (χ2v) is 5.18. The smallest absolute Gasteiger partial charge is 0.255 e. The Labute approximate surface area is 110 Å². The summed E-state index contributed by atoms with van der Waals surface area (Å²) in [5.41, 5.74) is 0.277. The fourth-order valence-corrected chi connectivity index (χ4v) is 2.18. The summed E-state index contributed by atoms with van der Waals surface area (Å²) in [4.78, 5) is 13.3. The van der Waals surface area contributed by atoms with Crippen LogP contribution in [0.5, 0.6) is 0 Å². The first kappa shape index (κ1) is 12.1. The van der Waals surface area contributed by atoms with Crippen LogP contribution in [0.2, 0.25) is 5.02 Å². The highest BCUT2D eigenvalue weighted by Crippen LogP contribution is 2.24. The molecule has 3 nitrogen and oxygen atoms in total. The van der Waals surface area contributed by atoms with Crippen LogP contribution in [0.25, 0.3) is 0 Å². The molecule has 1 aromatic carbocycles. The first-order valence-electron chi connectivity index (χ1n) is 4.61. The number of halogens is 3. The summed E-state index contributed by atoms with van der Waals surface area (Å²) in [6.07, 6.45) is -0.456. The molecule has 1 N–H and O–H groups in total. The van der Waals surface area contributed by atoms with Crippen molar-refractivity contribution in [1.29, 1.82) is 0 Å². The minimum absolute atomic E-state index is 0.101. The van der Waals surface area contributed by atoms with Crippen molar-refractivity contribution in [2.75, 3.05) is 13.1 Å². The molecule has 0 saturated carbocycles. The molecule has 1 aromatic rings. The lowest BCUT2D eigenvalue weighted by Gasteiger charge is -2.36. The first-order valence-corrected chi connectivity index (χ1v) is 6.06. The van der Waals surface area contributed by atoms with E-state index in [0.717, 1.165) is 6.07 Å². The number of rotatable bonds is 1. The van der Waals surface area contributed by atoms with Gasteiger partial charge in [0, 0.05) is 16.7 Å². The van der Waals surface area contributed by atoms with Gasteiger partial charge in [0.25, 0.3) is 5.91 Å². The molecule has 1 saturated heterocycles. The number of hydrogen-bond donors (Lipinski definition) is 1. The number of benzene rings is 1. The van der Waals surface area contributed by atoms with Crippen molar-refractivity contribution in [1.82, 2.24) is 4.90 Å². The van der Waals surface area contributed by atoms with E-state index in [9.17, 15) is 9.18 Å². The Kier molecular flexibility index (Phi) is 3.37. The van der Waals surface area contributed by atoms with Crippen LogP contribution in [-0.2, 0) is 0 Å². The summed E-state index contributed by atoms with van der Waals surface area (Å²) in [5.74, 6) is -0.709. The van der Waals surface area contributed by atoms with E-state index >= 15 is 0 Å². The van der Waals surface area contributed by atoms with Crippen LogP contribution in [0, 0.1) is 9.39 Å². The fraction of sp³-hybridized carbons (Fsp3) is 0.300. The molecule has 16 heavy (non-hydrogen) atoms. The second-order valence-electron chi connectivity index (χ2n) is 3.61. The summed E-state index contributed by atoms with van der Waals surface area (Å²) in [6.45, 7) is 0.617. The molecule has 6 heteroatoms. The summed E-state index contributed by atoms with van der Waals surface area (Å²) < 4.78 is 13.5. The number of nitrogens with zero attached hydrogens (tertiary/aromatic N) is 1. The Bertz CT molecular complexity index is 449. The van der Waals surface area contributed by atoms with Crippen molar-refractivity contribution in [3.05, 3.63) is 32.1 Å². The quantitative estimate of drug-likeness (QED) is 0.617.